The van der Waals surface area contributed by atoms with Crippen molar-refractivity contribution >= 4 is 46.2 Å². The Bertz CT molecular complexity index is 908. The third kappa shape index (κ3) is 4.32. The van der Waals surface area contributed by atoms with Crippen LogP contribution in [0.3, 0.4) is 0 Å². The molecule has 0 bridgehead atoms. The first-order valence-corrected chi connectivity index (χ1v) is 8.47. The number of benzene rings is 3. The van der Waals surface area contributed by atoms with Crippen molar-refractivity contribution in [2.45, 2.75) is 6.92 Å². The lowest BCUT2D eigenvalue weighted by atomic mass is 10.2. The van der Waals surface area contributed by atoms with Crippen molar-refractivity contribution in [3.8, 4) is 0 Å². The summed E-state index contributed by atoms with van der Waals surface area (Å²) in [6.07, 6.45) is 0. The Morgan fingerprint density at radius 3 is 2.20 bits per heavy atom. The molecule has 0 aromatic heterocycles. The van der Waals surface area contributed by atoms with Gasteiger partial charge in [0.05, 0.1) is 21.4 Å². The highest BCUT2D eigenvalue weighted by molar-refractivity contribution is 6.42. The van der Waals surface area contributed by atoms with E-state index >= 15 is 0 Å². The average molecular weight is 371 g/mol. The zero-order valence-electron chi connectivity index (χ0n) is 13.5. The first kappa shape index (κ1) is 17.3. The molecule has 3 nitrogen and oxygen atoms in total. The highest BCUT2D eigenvalue weighted by Crippen LogP contribution is 2.27. The van der Waals surface area contributed by atoms with Crippen LogP contribution in [0.25, 0.3) is 0 Å². The zero-order chi connectivity index (χ0) is 17.8. The number of carbonyl (C=O) groups excluding carboxylic acids is 1. The number of rotatable bonds is 4. The minimum Gasteiger partial charge on any atom is -0.354 e. The van der Waals surface area contributed by atoms with Gasteiger partial charge in [-0.3, -0.25) is 4.79 Å². The van der Waals surface area contributed by atoms with Gasteiger partial charge in [0.15, 0.2) is 0 Å². The second-order valence-corrected chi connectivity index (χ2v) is 6.43. The van der Waals surface area contributed by atoms with Gasteiger partial charge in [-0.25, -0.2) is 0 Å². The topological polar surface area (TPSA) is 41.1 Å². The molecule has 0 saturated carbocycles. The van der Waals surface area contributed by atoms with Crippen molar-refractivity contribution in [3.05, 3.63) is 87.9 Å². The fraction of sp³-hybridized carbons (Fsp3) is 0.0500. The molecule has 0 fully saturated rings. The second kappa shape index (κ2) is 7.60. The maximum absolute atomic E-state index is 12.5. The summed E-state index contributed by atoms with van der Waals surface area (Å²) in [7, 11) is 0. The largest absolute Gasteiger partial charge is 0.354 e. The summed E-state index contributed by atoms with van der Waals surface area (Å²) in [5.74, 6) is -0.253. The molecule has 0 saturated heterocycles. The van der Waals surface area contributed by atoms with Crippen LogP contribution in [-0.2, 0) is 0 Å². The summed E-state index contributed by atoms with van der Waals surface area (Å²) in [4.78, 5) is 12.5. The van der Waals surface area contributed by atoms with Crippen LogP contribution in [0, 0.1) is 6.92 Å². The van der Waals surface area contributed by atoms with Crippen molar-refractivity contribution in [3.63, 3.8) is 0 Å². The normalized spacial score (nSPS) is 10.4. The second-order valence-electron chi connectivity index (χ2n) is 5.62. The highest BCUT2D eigenvalue weighted by Gasteiger charge is 2.11. The Hall–Kier alpha value is -2.49. The predicted octanol–water partition coefficient (Wildman–Crippen LogP) is 6.30. The van der Waals surface area contributed by atoms with Crippen LogP contribution in [0.5, 0.6) is 0 Å². The van der Waals surface area contributed by atoms with E-state index in [-0.39, 0.29) is 5.91 Å². The molecular weight excluding hydrogens is 355 g/mol. The SMILES string of the molecule is Cc1ccc(Nc2ccccc2NC(=O)c2ccc(Cl)c(Cl)c2)cc1. The summed E-state index contributed by atoms with van der Waals surface area (Å²) in [5.41, 5.74) is 4.06. The third-order valence-corrected chi connectivity index (χ3v) is 4.43. The van der Waals surface area contributed by atoms with Gasteiger partial charge in [-0.2, -0.15) is 0 Å². The number of carbonyl (C=O) groups is 1. The molecule has 0 atom stereocenters. The molecule has 3 aromatic carbocycles. The summed E-state index contributed by atoms with van der Waals surface area (Å²) >= 11 is 11.9. The number of nitrogens with one attached hydrogen (secondary N) is 2. The Balaban J connectivity index is 1.81. The molecule has 0 unspecified atom stereocenters. The lowest BCUT2D eigenvalue weighted by Crippen LogP contribution is -2.13. The zero-order valence-corrected chi connectivity index (χ0v) is 15.0. The number of hydrogen-bond acceptors (Lipinski definition) is 2. The van der Waals surface area contributed by atoms with Crippen LogP contribution in [0.15, 0.2) is 66.7 Å². The van der Waals surface area contributed by atoms with Crippen LogP contribution >= 0.6 is 23.2 Å². The lowest BCUT2D eigenvalue weighted by molar-refractivity contribution is 0.102. The van der Waals surface area contributed by atoms with Gasteiger partial charge in [-0.15, -0.1) is 0 Å². The van der Waals surface area contributed by atoms with E-state index < -0.39 is 0 Å². The standard InChI is InChI=1S/C20H16Cl2N2O/c1-13-6-9-15(10-7-13)23-18-4-2-3-5-19(18)24-20(25)14-8-11-16(21)17(22)12-14/h2-12,23H,1H3,(H,24,25). The van der Waals surface area contributed by atoms with Crippen molar-refractivity contribution in [1.82, 2.24) is 0 Å². The summed E-state index contributed by atoms with van der Waals surface area (Å²) in [5, 5.41) is 6.98. The summed E-state index contributed by atoms with van der Waals surface area (Å²) in [6.45, 7) is 2.04. The van der Waals surface area contributed by atoms with E-state index in [4.69, 9.17) is 23.2 Å². The van der Waals surface area contributed by atoms with E-state index in [0.717, 1.165) is 11.4 Å². The van der Waals surface area contributed by atoms with Gasteiger partial charge in [-0.05, 0) is 49.4 Å². The molecule has 5 heteroatoms. The summed E-state index contributed by atoms with van der Waals surface area (Å²) in [6, 6.07) is 20.4. The van der Waals surface area contributed by atoms with Crippen LogP contribution in [-0.4, -0.2) is 5.91 Å². The number of halogens is 2. The molecule has 25 heavy (non-hydrogen) atoms. The number of hydrogen-bond donors (Lipinski definition) is 2. The molecule has 2 N–H and O–H groups in total. The molecule has 0 aliphatic heterocycles. The predicted molar refractivity (Wildman–Crippen MR) is 105 cm³/mol. The third-order valence-electron chi connectivity index (χ3n) is 3.69. The van der Waals surface area contributed by atoms with E-state index in [9.17, 15) is 4.79 Å². The molecule has 0 heterocycles. The summed E-state index contributed by atoms with van der Waals surface area (Å²) < 4.78 is 0. The van der Waals surface area contributed by atoms with E-state index in [1.807, 2.05) is 55.5 Å². The van der Waals surface area contributed by atoms with Gasteiger partial charge in [0, 0.05) is 11.3 Å². The lowest BCUT2D eigenvalue weighted by Gasteiger charge is -2.13. The maximum atomic E-state index is 12.5. The van der Waals surface area contributed by atoms with Crippen molar-refractivity contribution < 1.29 is 4.79 Å². The highest BCUT2D eigenvalue weighted by atomic mass is 35.5. The van der Waals surface area contributed by atoms with Crippen LogP contribution in [0.1, 0.15) is 15.9 Å². The molecule has 0 spiro atoms. The van der Waals surface area contributed by atoms with E-state index in [0.29, 0.717) is 21.3 Å². The first-order valence-electron chi connectivity index (χ1n) is 7.72. The van der Waals surface area contributed by atoms with Crippen LogP contribution < -0.4 is 10.6 Å². The molecule has 126 valence electrons. The van der Waals surface area contributed by atoms with Gasteiger partial charge in [0.25, 0.3) is 5.91 Å². The average Bonchev–Trinajstić information content (AvgIpc) is 2.61. The fourth-order valence-corrected chi connectivity index (χ4v) is 2.62. The molecule has 3 rings (SSSR count). The van der Waals surface area contributed by atoms with Gasteiger partial charge >= 0.3 is 0 Å². The minimum atomic E-state index is -0.253. The van der Waals surface area contributed by atoms with Gasteiger partial charge in [0.1, 0.15) is 0 Å². The van der Waals surface area contributed by atoms with Crippen molar-refractivity contribution in [2.24, 2.45) is 0 Å². The Morgan fingerprint density at radius 1 is 0.840 bits per heavy atom. The van der Waals surface area contributed by atoms with Crippen LogP contribution in [0.4, 0.5) is 17.1 Å². The maximum Gasteiger partial charge on any atom is 0.255 e. The fourth-order valence-electron chi connectivity index (χ4n) is 2.33. The van der Waals surface area contributed by atoms with Crippen molar-refractivity contribution in [2.75, 3.05) is 10.6 Å². The van der Waals surface area contributed by atoms with Crippen molar-refractivity contribution in [1.29, 1.82) is 0 Å². The minimum absolute atomic E-state index is 0.253. The Morgan fingerprint density at radius 2 is 1.52 bits per heavy atom. The van der Waals surface area contributed by atoms with E-state index in [2.05, 4.69) is 10.6 Å². The van der Waals surface area contributed by atoms with Gasteiger partial charge in [0.2, 0.25) is 0 Å². The first-order chi connectivity index (χ1) is 12.0. The Kier molecular flexibility index (Phi) is 5.27. The number of aryl methyl sites for hydroxylation is 1. The van der Waals surface area contributed by atoms with Gasteiger partial charge in [-0.1, -0.05) is 53.0 Å². The molecule has 3 aromatic rings. The van der Waals surface area contributed by atoms with Gasteiger partial charge < -0.3 is 10.6 Å². The molecule has 1 amide bonds. The number of anilines is 3. The Labute approximate surface area is 156 Å². The molecule has 0 aliphatic carbocycles. The quantitative estimate of drug-likeness (QED) is 0.565. The monoisotopic (exact) mass is 370 g/mol. The van der Waals surface area contributed by atoms with E-state index in [1.54, 1.807) is 18.2 Å². The molecule has 0 aliphatic rings. The van der Waals surface area contributed by atoms with E-state index in [1.165, 1.54) is 5.56 Å². The number of para-hydroxylation sites is 2. The molecular formula is C20H16Cl2N2O. The van der Waals surface area contributed by atoms with Crippen LogP contribution in [0.2, 0.25) is 10.0 Å². The molecule has 0 radical (unpaired) electrons. The number of amides is 1. The smallest absolute Gasteiger partial charge is 0.255 e.